The summed E-state index contributed by atoms with van der Waals surface area (Å²) in [6.07, 6.45) is 4.31. The number of amides is 1. The summed E-state index contributed by atoms with van der Waals surface area (Å²) in [7, 11) is 4.10. The molecule has 1 fully saturated rings. The number of rotatable bonds is 8. The summed E-state index contributed by atoms with van der Waals surface area (Å²) in [5, 5.41) is 7.78. The van der Waals surface area contributed by atoms with Crippen LogP contribution < -0.4 is 15.5 Å². The third-order valence-electron chi connectivity index (χ3n) is 5.75. The second kappa shape index (κ2) is 8.29. The molecule has 1 aromatic heterocycles. The van der Waals surface area contributed by atoms with Crippen LogP contribution in [0, 0.1) is 0 Å². The highest BCUT2D eigenvalue weighted by Crippen LogP contribution is 2.31. The Labute approximate surface area is 172 Å². The molecule has 0 saturated heterocycles. The summed E-state index contributed by atoms with van der Waals surface area (Å²) in [4.78, 5) is 17.9. The standard InChI is InChI=1S/C24H30N4O/c1-16(24(29)27-18-10-11-18)25-14-21(17-8-12-19(13-9-17)28(2)3)22-15-26-23-7-5-4-6-20(22)23/h4-9,12-13,15-16,18,21,25-26H,10-11,14H2,1-3H3,(H,27,29)/t16-,21-/m0/s1. The van der Waals surface area contributed by atoms with Gasteiger partial charge in [-0.05, 0) is 49.1 Å². The molecule has 1 saturated carbocycles. The first kappa shape index (κ1) is 19.5. The smallest absolute Gasteiger partial charge is 0.237 e. The van der Waals surface area contributed by atoms with E-state index in [1.54, 1.807) is 0 Å². The number of aromatic nitrogens is 1. The normalized spacial score (nSPS) is 15.8. The van der Waals surface area contributed by atoms with E-state index in [1.807, 2.05) is 27.1 Å². The van der Waals surface area contributed by atoms with Gasteiger partial charge in [0, 0.05) is 55.4 Å². The Bertz CT molecular complexity index is 972. The third kappa shape index (κ3) is 4.46. The first-order chi connectivity index (χ1) is 14.0. The van der Waals surface area contributed by atoms with E-state index in [2.05, 4.69) is 69.2 Å². The van der Waals surface area contributed by atoms with Crippen molar-refractivity contribution in [1.82, 2.24) is 15.6 Å². The molecule has 3 aromatic rings. The van der Waals surface area contributed by atoms with Crippen molar-refractivity contribution in [2.75, 3.05) is 25.5 Å². The van der Waals surface area contributed by atoms with Crippen LogP contribution >= 0.6 is 0 Å². The molecule has 3 N–H and O–H groups in total. The van der Waals surface area contributed by atoms with Crippen LogP contribution in [-0.4, -0.2) is 43.6 Å². The Kier molecular flexibility index (Phi) is 5.58. The zero-order chi connectivity index (χ0) is 20.4. The minimum Gasteiger partial charge on any atom is -0.378 e. The highest BCUT2D eigenvalue weighted by Gasteiger charge is 2.26. The topological polar surface area (TPSA) is 60.2 Å². The Morgan fingerprint density at radius 3 is 2.55 bits per heavy atom. The molecule has 2 aromatic carbocycles. The lowest BCUT2D eigenvalue weighted by molar-refractivity contribution is -0.122. The van der Waals surface area contributed by atoms with Crippen molar-refractivity contribution >= 4 is 22.5 Å². The van der Waals surface area contributed by atoms with Crippen LogP contribution in [0.15, 0.2) is 54.7 Å². The van der Waals surface area contributed by atoms with E-state index in [0.29, 0.717) is 12.6 Å². The van der Waals surface area contributed by atoms with E-state index in [0.717, 1.165) is 18.4 Å². The van der Waals surface area contributed by atoms with Gasteiger partial charge in [0.2, 0.25) is 5.91 Å². The van der Waals surface area contributed by atoms with Crippen molar-refractivity contribution in [1.29, 1.82) is 0 Å². The second-order valence-electron chi connectivity index (χ2n) is 8.24. The number of benzene rings is 2. The molecule has 5 nitrogen and oxygen atoms in total. The molecule has 0 unspecified atom stereocenters. The van der Waals surface area contributed by atoms with Gasteiger partial charge in [-0.25, -0.2) is 0 Å². The molecule has 0 spiro atoms. The van der Waals surface area contributed by atoms with E-state index in [-0.39, 0.29) is 17.9 Å². The molecule has 4 rings (SSSR count). The van der Waals surface area contributed by atoms with Crippen molar-refractivity contribution in [3.8, 4) is 0 Å². The fraction of sp³-hybridized carbons (Fsp3) is 0.375. The summed E-state index contributed by atoms with van der Waals surface area (Å²) < 4.78 is 0. The number of fused-ring (bicyclic) bond motifs is 1. The quantitative estimate of drug-likeness (QED) is 0.551. The summed E-state index contributed by atoms with van der Waals surface area (Å²) >= 11 is 0. The highest BCUT2D eigenvalue weighted by atomic mass is 16.2. The van der Waals surface area contributed by atoms with Crippen molar-refractivity contribution in [3.05, 3.63) is 65.9 Å². The lowest BCUT2D eigenvalue weighted by Gasteiger charge is -2.22. The van der Waals surface area contributed by atoms with Crippen LogP contribution in [0.5, 0.6) is 0 Å². The average Bonchev–Trinajstić information content (AvgIpc) is 3.45. The van der Waals surface area contributed by atoms with Gasteiger partial charge in [-0.2, -0.15) is 0 Å². The summed E-state index contributed by atoms with van der Waals surface area (Å²) in [5.74, 6) is 0.242. The van der Waals surface area contributed by atoms with Gasteiger partial charge in [-0.15, -0.1) is 0 Å². The molecule has 0 radical (unpaired) electrons. The number of para-hydroxylation sites is 1. The van der Waals surface area contributed by atoms with Crippen molar-refractivity contribution in [3.63, 3.8) is 0 Å². The van der Waals surface area contributed by atoms with E-state index < -0.39 is 0 Å². The molecule has 152 valence electrons. The van der Waals surface area contributed by atoms with Crippen LogP contribution in [0.1, 0.15) is 36.8 Å². The molecule has 2 atom stereocenters. The molecule has 29 heavy (non-hydrogen) atoms. The Balaban J connectivity index is 1.59. The Morgan fingerprint density at radius 1 is 1.14 bits per heavy atom. The van der Waals surface area contributed by atoms with Gasteiger partial charge in [0.15, 0.2) is 0 Å². The number of H-pyrrole nitrogens is 1. The van der Waals surface area contributed by atoms with Crippen molar-refractivity contribution < 1.29 is 4.79 Å². The van der Waals surface area contributed by atoms with Crippen molar-refractivity contribution in [2.45, 2.75) is 37.8 Å². The number of aromatic amines is 1. The molecule has 0 aliphatic heterocycles. The van der Waals surface area contributed by atoms with Crippen molar-refractivity contribution in [2.24, 2.45) is 0 Å². The maximum Gasteiger partial charge on any atom is 0.237 e. The van der Waals surface area contributed by atoms with E-state index in [4.69, 9.17) is 0 Å². The van der Waals surface area contributed by atoms with E-state index >= 15 is 0 Å². The highest BCUT2D eigenvalue weighted by molar-refractivity contribution is 5.84. The van der Waals surface area contributed by atoms with Crippen LogP contribution in [-0.2, 0) is 4.79 Å². The molecule has 1 amide bonds. The largest absolute Gasteiger partial charge is 0.378 e. The predicted octanol–water partition coefficient (Wildman–Crippen LogP) is 3.62. The molecular formula is C24H30N4O. The average molecular weight is 391 g/mol. The maximum absolute atomic E-state index is 12.4. The molecule has 0 bridgehead atoms. The van der Waals surface area contributed by atoms with Crippen LogP contribution in [0.2, 0.25) is 0 Å². The van der Waals surface area contributed by atoms with Gasteiger partial charge in [-0.3, -0.25) is 4.79 Å². The van der Waals surface area contributed by atoms with E-state index in [1.165, 1.54) is 22.2 Å². The molecule has 1 aliphatic rings. The molecule has 5 heteroatoms. The number of nitrogens with zero attached hydrogens (tertiary/aromatic N) is 1. The number of hydrogen-bond acceptors (Lipinski definition) is 3. The number of hydrogen-bond donors (Lipinski definition) is 3. The lowest BCUT2D eigenvalue weighted by Crippen LogP contribution is -2.44. The third-order valence-corrected chi connectivity index (χ3v) is 5.75. The number of carbonyl (C=O) groups is 1. The van der Waals surface area contributed by atoms with Gasteiger partial charge in [0.1, 0.15) is 0 Å². The molecule has 1 heterocycles. The molecule has 1 aliphatic carbocycles. The lowest BCUT2D eigenvalue weighted by atomic mass is 9.90. The van der Waals surface area contributed by atoms with Crippen LogP contribution in [0.3, 0.4) is 0 Å². The summed E-state index contributed by atoms with van der Waals surface area (Å²) in [5.41, 5.74) is 4.80. The van der Waals surface area contributed by atoms with Gasteiger partial charge in [-0.1, -0.05) is 30.3 Å². The monoisotopic (exact) mass is 390 g/mol. The summed E-state index contributed by atoms with van der Waals surface area (Å²) in [6.45, 7) is 2.64. The summed E-state index contributed by atoms with van der Waals surface area (Å²) in [6, 6.07) is 17.2. The first-order valence-electron chi connectivity index (χ1n) is 10.4. The zero-order valence-corrected chi connectivity index (χ0v) is 17.4. The minimum absolute atomic E-state index is 0.0909. The number of nitrogens with one attached hydrogen (secondary N) is 3. The SMILES string of the molecule is C[C@H](NC[C@@H](c1ccc(N(C)C)cc1)c1c[nH]c2ccccc12)C(=O)NC1CC1. The first-order valence-corrected chi connectivity index (χ1v) is 10.4. The van der Waals surface area contributed by atoms with Gasteiger partial charge >= 0.3 is 0 Å². The van der Waals surface area contributed by atoms with Gasteiger partial charge in [0.05, 0.1) is 6.04 Å². The minimum atomic E-state index is -0.218. The number of carbonyl (C=O) groups excluding carboxylic acids is 1. The Morgan fingerprint density at radius 2 is 1.86 bits per heavy atom. The maximum atomic E-state index is 12.4. The van der Waals surface area contributed by atoms with Crippen LogP contribution in [0.25, 0.3) is 10.9 Å². The number of anilines is 1. The fourth-order valence-corrected chi connectivity index (χ4v) is 3.74. The van der Waals surface area contributed by atoms with Gasteiger partial charge in [0.25, 0.3) is 0 Å². The van der Waals surface area contributed by atoms with E-state index in [9.17, 15) is 4.79 Å². The second-order valence-corrected chi connectivity index (χ2v) is 8.24. The Hall–Kier alpha value is -2.79. The zero-order valence-electron chi connectivity index (χ0n) is 17.4. The van der Waals surface area contributed by atoms with Crippen LogP contribution in [0.4, 0.5) is 5.69 Å². The van der Waals surface area contributed by atoms with Gasteiger partial charge < -0.3 is 20.5 Å². The fourth-order valence-electron chi connectivity index (χ4n) is 3.74. The predicted molar refractivity (Wildman–Crippen MR) is 120 cm³/mol. The molecular weight excluding hydrogens is 360 g/mol.